The molecule has 1 fully saturated rings. The molecule has 3 N–H and O–H groups in total. The number of rotatable bonds is 4. The van der Waals surface area contributed by atoms with Crippen LogP contribution in [-0.4, -0.2) is 21.1 Å². The average molecular weight is 349 g/mol. The van der Waals surface area contributed by atoms with Gasteiger partial charge in [-0.05, 0) is 44.7 Å². The minimum Gasteiger partial charge on any atom is -0.473 e. The van der Waals surface area contributed by atoms with Crippen molar-refractivity contribution in [1.82, 2.24) is 15.0 Å². The first-order valence-corrected chi connectivity index (χ1v) is 9.11. The maximum Gasteiger partial charge on any atom is 0.242 e. The summed E-state index contributed by atoms with van der Waals surface area (Å²) in [5.41, 5.74) is 9.43. The molecule has 6 heteroatoms. The number of aryl methyl sites for hydroxylation is 1. The molecule has 0 unspecified atom stereocenters. The van der Waals surface area contributed by atoms with Crippen LogP contribution in [0.15, 0.2) is 36.7 Å². The van der Waals surface area contributed by atoms with Gasteiger partial charge in [-0.2, -0.15) is 4.98 Å². The smallest absolute Gasteiger partial charge is 0.242 e. The molecular formula is C20H23N5O. The van der Waals surface area contributed by atoms with Crippen molar-refractivity contribution in [2.45, 2.75) is 45.1 Å². The molecule has 1 saturated carbocycles. The monoisotopic (exact) mass is 349 g/mol. The van der Waals surface area contributed by atoms with Gasteiger partial charge in [-0.1, -0.05) is 24.6 Å². The summed E-state index contributed by atoms with van der Waals surface area (Å²) in [4.78, 5) is 13.2. The average Bonchev–Trinajstić information content (AvgIpc) is 2.66. The van der Waals surface area contributed by atoms with Gasteiger partial charge < -0.3 is 15.8 Å². The fourth-order valence-corrected chi connectivity index (χ4v) is 3.39. The molecule has 1 aliphatic rings. The number of nitrogens with zero attached hydrogens (tertiary/aromatic N) is 3. The second-order valence-electron chi connectivity index (χ2n) is 6.77. The second-order valence-corrected chi connectivity index (χ2v) is 6.77. The van der Waals surface area contributed by atoms with Crippen molar-refractivity contribution in [3.8, 4) is 5.88 Å². The van der Waals surface area contributed by atoms with Gasteiger partial charge in [-0.15, -0.1) is 0 Å². The number of aromatic nitrogens is 3. The van der Waals surface area contributed by atoms with Gasteiger partial charge in [0.15, 0.2) is 5.82 Å². The zero-order chi connectivity index (χ0) is 17.9. The molecule has 0 saturated heterocycles. The highest BCUT2D eigenvalue weighted by Crippen LogP contribution is 2.32. The summed E-state index contributed by atoms with van der Waals surface area (Å²) in [7, 11) is 0. The number of nitrogens with one attached hydrogen (secondary N) is 1. The molecular weight excluding hydrogens is 326 g/mol. The molecule has 6 nitrogen and oxygen atoms in total. The molecule has 1 aliphatic carbocycles. The number of benzene rings is 1. The first kappa shape index (κ1) is 16.6. The molecule has 0 aliphatic heterocycles. The molecule has 2 heterocycles. The van der Waals surface area contributed by atoms with Gasteiger partial charge in [-0.3, -0.25) is 4.98 Å². The Labute approximate surface area is 152 Å². The van der Waals surface area contributed by atoms with Crippen LogP contribution in [0.5, 0.6) is 5.88 Å². The normalized spacial score (nSPS) is 15.1. The molecule has 0 atom stereocenters. The second kappa shape index (κ2) is 7.15. The summed E-state index contributed by atoms with van der Waals surface area (Å²) < 4.78 is 6.04. The summed E-state index contributed by atoms with van der Waals surface area (Å²) >= 11 is 0. The molecule has 3 aromatic rings. The molecule has 134 valence electrons. The number of anilines is 3. The van der Waals surface area contributed by atoms with Crippen LogP contribution in [0.3, 0.4) is 0 Å². The predicted octanol–water partition coefficient (Wildman–Crippen LogP) is 4.37. The van der Waals surface area contributed by atoms with Crippen LogP contribution < -0.4 is 15.8 Å². The van der Waals surface area contributed by atoms with Crippen molar-refractivity contribution in [2.24, 2.45) is 0 Å². The van der Waals surface area contributed by atoms with Crippen molar-refractivity contribution >= 4 is 28.1 Å². The van der Waals surface area contributed by atoms with E-state index in [-0.39, 0.29) is 6.10 Å². The summed E-state index contributed by atoms with van der Waals surface area (Å²) in [5, 5.41) is 4.36. The van der Waals surface area contributed by atoms with E-state index in [9.17, 15) is 0 Å². The van der Waals surface area contributed by atoms with Gasteiger partial charge in [0.25, 0.3) is 0 Å². The zero-order valence-corrected chi connectivity index (χ0v) is 14.9. The predicted molar refractivity (Wildman–Crippen MR) is 104 cm³/mol. The maximum atomic E-state index is 6.29. The molecule has 0 radical (unpaired) electrons. The lowest BCUT2D eigenvalue weighted by Crippen LogP contribution is -2.21. The van der Waals surface area contributed by atoms with E-state index >= 15 is 0 Å². The molecule has 1 aromatic carbocycles. The van der Waals surface area contributed by atoms with E-state index in [1.54, 1.807) is 0 Å². The summed E-state index contributed by atoms with van der Waals surface area (Å²) in [5.74, 6) is 1.00. The third-order valence-electron chi connectivity index (χ3n) is 4.79. The van der Waals surface area contributed by atoms with Crippen LogP contribution in [0.4, 0.5) is 17.2 Å². The Morgan fingerprint density at radius 1 is 1.08 bits per heavy atom. The van der Waals surface area contributed by atoms with Crippen LogP contribution in [0.1, 0.15) is 37.8 Å². The SMILES string of the molecule is Cc1ccc2cccc(Nc3ncnc(OC4CCCCC4)c3N)c2n1. The lowest BCUT2D eigenvalue weighted by molar-refractivity contribution is 0.149. The van der Waals surface area contributed by atoms with Crippen LogP contribution >= 0.6 is 0 Å². The van der Waals surface area contributed by atoms with Gasteiger partial charge in [-0.25, -0.2) is 4.98 Å². The number of pyridine rings is 1. The van der Waals surface area contributed by atoms with E-state index < -0.39 is 0 Å². The minimum absolute atomic E-state index is 0.190. The first-order chi connectivity index (χ1) is 12.7. The van der Waals surface area contributed by atoms with E-state index in [1.807, 2.05) is 31.2 Å². The molecule has 0 amide bonds. The standard InChI is InChI=1S/C20H23N5O/c1-13-10-11-14-6-5-9-16(18(14)24-13)25-19-17(21)20(23-12-22-19)26-15-7-3-2-4-8-15/h5-6,9-12,15H,2-4,7-8,21H2,1H3,(H,22,23,25). The number of nitrogens with two attached hydrogens (primary N) is 1. The van der Waals surface area contributed by atoms with E-state index in [0.29, 0.717) is 17.4 Å². The van der Waals surface area contributed by atoms with E-state index in [1.165, 1.54) is 25.6 Å². The molecule has 2 aromatic heterocycles. The first-order valence-electron chi connectivity index (χ1n) is 9.11. The number of hydrogen-bond donors (Lipinski definition) is 2. The third kappa shape index (κ3) is 3.40. The lowest BCUT2D eigenvalue weighted by Gasteiger charge is -2.23. The fraction of sp³-hybridized carbons (Fsp3) is 0.350. The van der Waals surface area contributed by atoms with Crippen LogP contribution in [0, 0.1) is 6.92 Å². The maximum absolute atomic E-state index is 6.29. The number of fused-ring (bicyclic) bond motifs is 1. The van der Waals surface area contributed by atoms with Crippen LogP contribution in [0.2, 0.25) is 0 Å². The van der Waals surface area contributed by atoms with E-state index in [2.05, 4.69) is 26.3 Å². The summed E-state index contributed by atoms with van der Waals surface area (Å²) in [6.07, 6.45) is 7.46. The number of nitrogen functional groups attached to an aromatic ring is 1. The molecule has 26 heavy (non-hydrogen) atoms. The Morgan fingerprint density at radius 2 is 1.92 bits per heavy atom. The van der Waals surface area contributed by atoms with Gasteiger partial charge in [0.05, 0.1) is 11.2 Å². The molecule has 4 rings (SSSR count). The lowest BCUT2D eigenvalue weighted by atomic mass is 9.98. The van der Waals surface area contributed by atoms with Crippen molar-refractivity contribution < 1.29 is 4.74 Å². The Morgan fingerprint density at radius 3 is 2.77 bits per heavy atom. The topological polar surface area (TPSA) is 86.0 Å². The Hall–Kier alpha value is -2.89. The van der Waals surface area contributed by atoms with Gasteiger partial charge in [0.2, 0.25) is 5.88 Å². The van der Waals surface area contributed by atoms with Crippen molar-refractivity contribution in [3.05, 3.63) is 42.4 Å². The Kier molecular flexibility index (Phi) is 4.56. The zero-order valence-electron chi connectivity index (χ0n) is 14.9. The molecule has 0 bridgehead atoms. The van der Waals surface area contributed by atoms with Gasteiger partial charge >= 0.3 is 0 Å². The highest BCUT2D eigenvalue weighted by Gasteiger charge is 2.18. The summed E-state index contributed by atoms with van der Waals surface area (Å²) in [6, 6.07) is 10.1. The Bertz CT molecular complexity index is 921. The quantitative estimate of drug-likeness (QED) is 0.727. The fourth-order valence-electron chi connectivity index (χ4n) is 3.39. The van der Waals surface area contributed by atoms with Crippen LogP contribution in [0.25, 0.3) is 10.9 Å². The number of para-hydroxylation sites is 1. The van der Waals surface area contributed by atoms with E-state index in [4.69, 9.17) is 10.5 Å². The van der Waals surface area contributed by atoms with Crippen molar-refractivity contribution in [2.75, 3.05) is 11.1 Å². The summed E-state index contributed by atoms with van der Waals surface area (Å²) in [6.45, 7) is 1.98. The largest absolute Gasteiger partial charge is 0.473 e. The Balaban J connectivity index is 1.62. The van der Waals surface area contributed by atoms with Gasteiger partial charge in [0.1, 0.15) is 18.1 Å². The van der Waals surface area contributed by atoms with Crippen molar-refractivity contribution in [1.29, 1.82) is 0 Å². The minimum atomic E-state index is 0.190. The molecule has 0 spiro atoms. The van der Waals surface area contributed by atoms with Gasteiger partial charge in [0, 0.05) is 11.1 Å². The number of ether oxygens (including phenoxy) is 1. The van der Waals surface area contributed by atoms with Crippen molar-refractivity contribution in [3.63, 3.8) is 0 Å². The highest BCUT2D eigenvalue weighted by atomic mass is 16.5. The van der Waals surface area contributed by atoms with Crippen LogP contribution in [-0.2, 0) is 0 Å². The number of hydrogen-bond acceptors (Lipinski definition) is 6. The third-order valence-corrected chi connectivity index (χ3v) is 4.79. The highest BCUT2D eigenvalue weighted by molar-refractivity contribution is 5.93. The van der Waals surface area contributed by atoms with E-state index in [0.717, 1.165) is 35.1 Å².